The van der Waals surface area contributed by atoms with Gasteiger partial charge in [0.25, 0.3) is 5.91 Å². The number of fused-ring (bicyclic) bond motifs is 1. The number of Topliss-reactive ketones (excluding diaryl/α,β-unsaturated/α-hetero) is 1. The minimum atomic E-state index is -1.05. The van der Waals surface area contributed by atoms with Gasteiger partial charge < -0.3 is 10.0 Å². The molecule has 0 bridgehead atoms. The van der Waals surface area contributed by atoms with Gasteiger partial charge in [-0.25, -0.2) is 13.9 Å². The molecule has 0 radical (unpaired) electrons. The summed E-state index contributed by atoms with van der Waals surface area (Å²) in [6.07, 6.45) is 1.86. The van der Waals surface area contributed by atoms with Gasteiger partial charge in [0.2, 0.25) is 0 Å². The Bertz CT molecular complexity index is 1520. The maximum absolute atomic E-state index is 14.5. The van der Waals surface area contributed by atoms with Gasteiger partial charge in [0, 0.05) is 13.0 Å². The lowest BCUT2D eigenvalue weighted by Crippen LogP contribution is -2.44. The van der Waals surface area contributed by atoms with Crippen LogP contribution in [-0.4, -0.2) is 49.2 Å². The maximum Gasteiger partial charge on any atom is 0.335 e. The van der Waals surface area contributed by atoms with Gasteiger partial charge in [-0.2, -0.15) is 0 Å². The van der Waals surface area contributed by atoms with Crippen LogP contribution in [0.15, 0.2) is 72.9 Å². The number of halogens is 2. The number of nitrogens with zero attached hydrogens (tertiary/aromatic N) is 4. The number of aromatic carboxylic acids is 1. The first-order valence-corrected chi connectivity index (χ1v) is 11.8. The summed E-state index contributed by atoms with van der Waals surface area (Å²) in [4.78, 5) is 39.8. The van der Waals surface area contributed by atoms with E-state index in [9.17, 15) is 18.8 Å². The van der Waals surface area contributed by atoms with Crippen molar-refractivity contribution in [3.63, 3.8) is 0 Å². The van der Waals surface area contributed by atoms with E-state index in [-0.39, 0.29) is 40.7 Å². The van der Waals surface area contributed by atoms with Crippen molar-refractivity contribution >= 4 is 29.3 Å². The number of hydrogen-bond donors (Lipinski definition) is 1. The van der Waals surface area contributed by atoms with Gasteiger partial charge in [0.05, 0.1) is 16.8 Å². The number of rotatable bonds is 6. The quantitative estimate of drug-likeness (QED) is 0.408. The van der Waals surface area contributed by atoms with Crippen LogP contribution in [-0.2, 0) is 17.6 Å². The lowest BCUT2D eigenvalue weighted by atomic mass is 9.88. The number of aromatic nitrogens is 3. The summed E-state index contributed by atoms with van der Waals surface area (Å²) in [6, 6.07) is 17.1. The van der Waals surface area contributed by atoms with Crippen LogP contribution in [0.4, 0.5) is 4.39 Å². The van der Waals surface area contributed by atoms with E-state index < -0.39 is 23.7 Å². The normalized spacial score (nSPS) is 14.8. The average molecular weight is 519 g/mol. The molecule has 0 saturated carbocycles. The van der Waals surface area contributed by atoms with Crippen molar-refractivity contribution < 1.29 is 23.9 Å². The molecular formula is C27H20ClFN4O4. The van der Waals surface area contributed by atoms with Gasteiger partial charge in [-0.1, -0.05) is 59.3 Å². The van der Waals surface area contributed by atoms with E-state index in [1.54, 1.807) is 18.2 Å². The Labute approximate surface area is 215 Å². The zero-order chi connectivity index (χ0) is 26.1. The Balaban J connectivity index is 1.45. The lowest BCUT2D eigenvalue weighted by molar-refractivity contribution is -0.123. The van der Waals surface area contributed by atoms with E-state index in [2.05, 4.69) is 10.3 Å². The molecule has 0 aliphatic carbocycles. The third-order valence-corrected chi connectivity index (χ3v) is 6.61. The lowest BCUT2D eigenvalue weighted by Gasteiger charge is -2.36. The SMILES string of the molecule is O=C(O)c1ccc(CC(=O)C2c3ccccc3CCN2C(=O)c2cn(-c3cccc(Cl)c3F)nn2)cc1. The van der Waals surface area contributed by atoms with E-state index in [0.717, 1.165) is 15.8 Å². The standard InChI is InChI=1S/C27H20ClFN4O4/c28-20-6-3-7-22(24(20)29)33-15-21(30-31-33)26(35)32-13-12-17-4-1-2-5-19(17)25(32)23(34)14-16-8-10-18(11-9-16)27(36)37/h1-11,15,25H,12-14H2,(H,36,37). The molecule has 1 N–H and O–H groups in total. The number of benzene rings is 3. The maximum atomic E-state index is 14.5. The number of ketones is 1. The number of carboxylic acid groups (broad SMARTS) is 1. The molecule has 1 aliphatic rings. The number of carbonyl (C=O) groups excluding carboxylic acids is 2. The molecule has 0 saturated heterocycles. The summed E-state index contributed by atoms with van der Waals surface area (Å²) in [5.41, 5.74) is 2.45. The molecule has 186 valence electrons. The minimum absolute atomic E-state index is 0.00307. The average Bonchev–Trinajstić information content (AvgIpc) is 3.39. The van der Waals surface area contributed by atoms with E-state index >= 15 is 0 Å². The third kappa shape index (κ3) is 4.73. The van der Waals surface area contributed by atoms with E-state index in [1.807, 2.05) is 24.3 Å². The fourth-order valence-corrected chi connectivity index (χ4v) is 4.66. The highest BCUT2D eigenvalue weighted by Crippen LogP contribution is 2.32. The van der Waals surface area contributed by atoms with Crippen molar-refractivity contribution in [2.45, 2.75) is 18.9 Å². The van der Waals surface area contributed by atoms with Gasteiger partial charge >= 0.3 is 5.97 Å². The molecule has 37 heavy (non-hydrogen) atoms. The van der Waals surface area contributed by atoms with Crippen molar-refractivity contribution in [1.29, 1.82) is 0 Å². The highest BCUT2D eigenvalue weighted by atomic mass is 35.5. The number of carbonyl (C=O) groups is 3. The molecule has 1 aliphatic heterocycles. The zero-order valence-corrected chi connectivity index (χ0v) is 20.1. The van der Waals surface area contributed by atoms with Crippen LogP contribution in [0.1, 0.15) is 43.6 Å². The van der Waals surface area contributed by atoms with Gasteiger partial charge in [-0.3, -0.25) is 9.59 Å². The highest BCUT2D eigenvalue weighted by Gasteiger charge is 2.37. The molecule has 0 spiro atoms. The number of carboxylic acids is 1. The second-order valence-corrected chi connectivity index (χ2v) is 9.02. The van der Waals surface area contributed by atoms with E-state index in [1.165, 1.54) is 35.4 Å². The fourth-order valence-electron chi connectivity index (χ4n) is 4.49. The van der Waals surface area contributed by atoms with Crippen molar-refractivity contribution in [3.05, 3.63) is 112 Å². The summed E-state index contributed by atoms with van der Waals surface area (Å²) in [6.45, 7) is 0.280. The second-order valence-electron chi connectivity index (χ2n) is 8.62. The molecule has 8 nitrogen and oxygen atoms in total. The Morgan fingerprint density at radius 1 is 1.03 bits per heavy atom. The molecule has 10 heteroatoms. The van der Waals surface area contributed by atoms with Crippen LogP contribution in [0.25, 0.3) is 5.69 Å². The Morgan fingerprint density at radius 2 is 1.78 bits per heavy atom. The largest absolute Gasteiger partial charge is 0.478 e. The van der Waals surface area contributed by atoms with Crippen molar-refractivity contribution in [3.8, 4) is 5.69 Å². The highest BCUT2D eigenvalue weighted by molar-refractivity contribution is 6.30. The Kier molecular flexibility index (Phi) is 6.54. The minimum Gasteiger partial charge on any atom is -0.478 e. The van der Waals surface area contributed by atoms with Crippen molar-refractivity contribution in [2.75, 3.05) is 6.54 Å². The van der Waals surface area contributed by atoms with Gasteiger partial charge in [-0.05, 0) is 47.4 Å². The third-order valence-electron chi connectivity index (χ3n) is 6.32. The molecule has 4 aromatic rings. The predicted octanol–water partition coefficient (Wildman–Crippen LogP) is 4.31. The van der Waals surface area contributed by atoms with Crippen LogP contribution in [0.2, 0.25) is 5.02 Å². The molecule has 1 unspecified atom stereocenters. The second kappa shape index (κ2) is 9.94. The molecule has 1 atom stereocenters. The molecule has 2 heterocycles. The molecule has 1 aromatic heterocycles. The van der Waals surface area contributed by atoms with Crippen molar-refractivity contribution in [1.82, 2.24) is 19.9 Å². The van der Waals surface area contributed by atoms with Crippen LogP contribution in [0, 0.1) is 5.82 Å². The van der Waals surface area contributed by atoms with E-state index in [0.29, 0.717) is 12.0 Å². The van der Waals surface area contributed by atoms with E-state index in [4.69, 9.17) is 16.7 Å². The first-order valence-electron chi connectivity index (χ1n) is 11.4. The van der Waals surface area contributed by atoms with Crippen LogP contribution in [0.3, 0.4) is 0 Å². The number of amides is 1. The first kappa shape index (κ1) is 24.3. The monoisotopic (exact) mass is 518 g/mol. The first-order chi connectivity index (χ1) is 17.8. The predicted molar refractivity (Wildman–Crippen MR) is 132 cm³/mol. The van der Waals surface area contributed by atoms with Gasteiger partial charge in [0.15, 0.2) is 17.3 Å². The Hall–Kier alpha value is -4.37. The molecular weight excluding hydrogens is 499 g/mol. The topological polar surface area (TPSA) is 105 Å². The van der Waals surface area contributed by atoms with Gasteiger partial charge in [0.1, 0.15) is 11.7 Å². The molecule has 1 amide bonds. The van der Waals surface area contributed by atoms with Crippen LogP contribution < -0.4 is 0 Å². The summed E-state index contributed by atoms with van der Waals surface area (Å²) >= 11 is 5.87. The summed E-state index contributed by atoms with van der Waals surface area (Å²) in [7, 11) is 0. The smallest absolute Gasteiger partial charge is 0.335 e. The fraction of sp³-hybridized carbons (Fsp3) is 0.148. The van der Waals surface area contributed by atoms with Crippen LogP contribution >= 0.6 is 11.6 Å². The Morgan fingerprint density at radius 3 is 2.54 bits per heavy atom. The number of hydrogen-bond acceptors (Lipinski definition) is 5. The van der Waals surface area contributed by atoms with Crippen molar-refractivity contribution in [2.24, 2.45) is 0 Å². The molecule has 0 fully saturated rings. The summed E-state index contributed by atoms with van der Waals surface area (Å²) in [5.74, 6) is -2.48. The van der Waals surface area contributed by atoms with Gasteiger partial charge in [-0.15, -0.1) is 5.10 Å². The summed E-state index contributed by atoms with van der Waals surface area (Å²) in [5, 5.41) is 16.9. The molecule has 5 rings (SSSR count). The summed E-state index contributed by atoms with van der Waals surface area (Å²) < 4.78 is 15.6. The zero-order valence-electron chi connectivity index (χ0n) is 19.3. The van der Waals surface area contributed by atoms with Crippen LogP contribution in [0.5, 0.6) is 0 Å². The molecule has 3 aromatic carbocycles.